The van der Waals surface area contributed by atoms with Crippen LogP contribution in [0.25, 0.3) is 0 Å². The van der Waals surface area contributed by atoms with E-state index in [1.165, 1.54) is 0 Å². The zero-order valence-electron chi connectivity index (χ0n) is 8.43. The van der Waals surface area contributed by atoms with Gasteiger partial charge in [-0.25, -0.2) is 4.98 Å². The number of pyridine rings is 1. The zero-order chi connectivity index (χ0) is 11.4. The van der Waals surface area contributed by atoms with Crippen LogP contribution in [0, 0.1) is 0 Å². The molecular weight excluding hydrogens is 286 g/mol. The van der Waals surface area contributed by atoms with Crippen LogP contribution < -0.4 is 0 Å². The summed E-state index contributed by atoms with van der Waals surface area (Å²) in [6.07, 6.45) is 1.76. The number of aromatic nitrogens is 1. The molecule has 0 amide bonds. The molecule has 0 atom stereocenters. The van der Waals surface area contributed by atoms with Gasteiger partial charge in [-0.15, -0.1) is 0 Å². The molecule has 2 rings (SSSR count). The fourth-order valence-corrected chi connectivity index (χ4v) is 2.68. The highest BCUT2D eigenvalue weighted by molar-refractivity contribution is 9.10. The fraction of sp³-hybridized carbons (Fsp3) is 0.0833. The first-order valence-corrected chi connectivity index (χ1v) is 6.39. The lowest BCUT2D eigenvalue weighted by Gasteiger charge is -2.06. The Kier molecular flexibility index (Phi) is 3.98. The number of aliphatic hydroxyl groups is 1. The number of nitrogens with zero attached hydrogens (tertiary/aromatic N) is 1. The Balaban J connectivity index is 2.30. The summed E-state index contributed by atoms with van der Waals surface area (Å²) in [4.78, 5) is 5.32. The summed E-state index contributed by atoms with van der Waals surface area (Å²) in [5, 5.41) is 10.1. The lowest BCUT2D eigenvalue weighted by atomic mass is 10.2. The molecular formula is C12H10BrNOS. The van der Waals surface area contributed by atoms with Gasteiger partial charge >= 0.3 is 0 Å². The first kappa shape index (κ1) is 11.6. The quantitative estimate of drug-likeness (QED) is 0.941. The van der Waals surface area contributed by atoms with Crippen molar-refractivity contribution in [2.45, 2.75) is 16.5 Å². The molecule has 0 saturated heterocycles. The highest BCUT2D eigenvalue weighted by Gasteiger charge is 2.06. The SMILES string of the molecule is OCc1ccccc1Sc1ncccc1Br. The van der Waals surface area contributed by atoms with Gasteiger partial charge in [-0.2, -0.15) is 0 Å². The van der Waals surface area contributed by atoms with Crippen LogP contribution >= 0.6 is 27.7 Å². The maximum Gasteiger partial charge on any atom is 0.115 e. The topological polar surface area (TPSA) is 33.1 Å². The van der Waals surface area contributed by atoms with Crippen molar-refractivity contribution in [1.82, 2.24) is 4.98 Å². The van der Waals surface area contributed by atoms with E-state index < -0.39 is 0 Å². The van der Waals surface area contributed by atoms with Gasteiger partial charge in [0.15, 0.2) is 0 Å². The van der Waals surface area contributed by atoms with Gasteiger partial charge in [0.05, 0.1) is 11.1 Å². The van der Waals surface area contributed by atoms with Crippen molar-refractivity contribution in [3.8, 4) is 0 Å². The molecule has 0 aliphatic rings. The number of halogens is 1. The van der Waals surface area contributed by atoms with E-state index >= 15 is 0 Å². The van der Waals surface area contributed by atoms with Crippen LogP contribution in [-0.4, -0.2) is 10.1 Å². The van der Waals surface area contributed by atoms with Crippen LogP contribution in [0.5, 0.6) is 0 Å². The van der Waals surface area contributed by atoms with Crippen LogP contribution in [0.3, 0.4) is 0 Å². The van der Waals surface area contributed by atoms with Gasteiger partial charge in [0.1, 0.15) is 5.03 Å². The summed E-state index contributed by atoms with van der Waals surface area (Å²) in [5.74, 6) is 0. The second kappa shape index (κ2) is 5.48. The maximum absolute atomic E-state index is 9.22. The lowest BCUT2D eigenvalue weighted by Crippen LogP contribution is -1.88. The van der Waals surface area contributed by atoms with E-state index in [0.29, 0.717) is 0 Å². The molecule has 2 nitrogen and oxygen atoms in total. The minimum absolute atomic E-state index is 0.0492. The van der Waals surface area contributed by atoms with Gasteiger partial charge in [-0.05, 0) is 39.7 Å². The van der Waals surface area contributed by atoms with Crippen molar-refractivity contribution in [3.05, 3.63) is 52.6 Å². The first-order valence-electron chi connectivity index (χ1n) is 4.78. The molecule has 0 spiro atoms. The Morgan fingerprint density at radius 3 is 2.75 bits per heavy atom. The molecule has 0 aliphatic carbocycles. The Hall–Kier alpha value is -0.840. The minimum atomic E-state index is 0.0492. The molecule has 0 aliphatic heterocycles. The normalized spacial score (nSPS) is 10.4. The molecule has 1 heterocycles. The Morgan fingerprint density at radius 1 is 1.19 bits per heavy atom. The number of benzene rings is 1. The van der Waals surface area contributed by atoms with E-state index in [2.05, 4.69) is 20.9 Å². The molecule has 2 aromatic rings. The third kappa shape index (κ3) is 2.64. The highest BCUT2D eigenvalue weighted by Crippen LogP contribution is 2.33. The molecule has 0 bridgehead atoms. The second-order valence-corrected chi connectivity index (χ2v) is 5.04. The third-order valence-corrected chi connectivity index (χ3v) is 4.11. The molecule has 82 valence electrons. The van der Waals surface area contributed by atoms with Crippen LogP contribution in [0.4, 0.5) is 0 Å². The van der Waals surface area contributed by atoms with Gasteiger partial charge in [-0.1, -0.05) is 30.0 Å². The van der Waals surface area contributed by atoms with Gasteiger partial charge < -0.3 is 5.11 Å². The number of aliphatic hydroxyl groups excluding tert-OH is 1. The summed E-state index contributed by atoms with van der Waals surface area (Å²) in [7, 11) is 0. The molecule has 0 fully saturated rings. The van der Waals surface area contributed by atoms with Crippen molar-refractivity contribution in [1.29, 1.82) is 0 Å². The average molecular weight is 296 g/mol. The predicted molar refractivity (Wildman–Crippen MR) is 68.4 cm³/mol. The van der Waals surface area contributed by atoms with Gasteiger partial charge in [0.2, 0.25) is 0 Å². The molecule has 1 aromatic carbocycles. The Morgan fingerprint density at radius 2 is 2.00 bits per heavy atom. The summed E-state index contributed by atoms with van der Waals surface area (Å²) >= 11 is 5.00. The first-order chi connectivity index (χ1) is 7.81. The van der Waals surface area contributed by atoms with E-state index in [0.717, 1.165) is 20.0 Å². The fourth-order valence-electron chi connectivity index (χ4n) is 1.28. The van der Waals surface area contributed by atoms with Gasteiger partial charge in [-0.3, -0.25) is 0 Å². The molecule has 0 saturated carbocycles. The molecule has 4 heteroatoms. The number of hydrogen-bond donors (Lipinski definition) is 1. The van der Waals surface area contributed by atoms with E-state index in [1.54, 1.807) is 18.0 Å². The average Bonchev–Trinajstić information content (AvgIpc) is 2.33. The monoisotopic (exact) mass is 295 g/mol. The predicted octanol–water partition coefficient (Wildman–Crippen LogP) is 3.49. The Bertz CT molecular complexity index is 490. The summed E-state index contributed by atoms with van der Waals surface area (Å²) in [6, 6.07) is 11.6. The van der Waals surface area contributed by atoms with E-state index in [1.807, 2.05) is 36.4 Å². The van der Waals surface area contributed by atoms with Gasteiger partial charge in [0.25, 0.3) is 0 Å². The lowest BCUT2D eigenvalue weighted by molar-refractivity contribution is 0.279. The minimum Gasteiger partial charge on any atom is -0.392 e. The van der Waals surface area contributed by atoms with Crippen molar-refractivity contribution >= 4 is 27.7 Å². The van der Waals surface area contributed by atoms with Crippen LogP contribution in [0.2, 0.25) is 0 Å². The summed E-state index contributed by atoms with van der Waals surface area (Å²) < 4.78 is 0.966. The van der Waals surface area contributed by atoms with E-state index in [-0.39, 0.29) is 6.61 Å². The van der Waals surface area contributed by atoms with E-state index in [9.17, 15) is 5.11 Å². The van der Waals surface area contributed by atoms with Crippen LogP contribution in [-0.2, 0) is 6.61 Å². The standard InChI is InChI=1S/C12H10BrNOS/c13-10-5-3-7-14-12(10)16-11-6-2-1-4-9(11)8-15/h1-7,15H,8H2. The van der Waals surface area contributed by atoms with E-state index in [4.69, 9.17) is 0 Å². The summed E-state index contributed by atoms with van der Waals surface area (Å²) in [5.41, 5.74) is 0.921. The maximum atomic E-state index is 9.22. The molecule has 1 aromatic heterocycles. The Labute approximate surface area is 107 Å². The number of rotatable bonds is 3. The van der Waals surface area contributed by atoms with Crippen LogP contribution in [0.1, 0.15) is 5.56 Å². The van der Waals surface area contributed by atoms with Crippen molar-refractivity contribution in [3.63, 3.8) is 0 Å². The van der Waals surface area contributed by atoms with Crippen molar-refractivity contribution in [2.75, 3.05) is 0 Å². The van der Waals surface area contributed by atoms with Gasteiger partial charge in [0, 0.05) is 11.1 Å². The van der Waals surface area contributed by atoms with Crippen LogP contribution in [0.15, 0.2) is 57.0 Å². The molecule has 0 unspecified atom stereocenters. The highest BCUT2D eigenvalue weighted by atomic mass is 79.9. The van der Waals surface area contributed by atoms with Crippen molar-refractivity contribution in [2.24, 2.45) is 0 Å². The molecule has 16 heavy (non-hydrogen) atoms. The third-order valence-electron chi connectivity index (χ3n) is 2.07. The summed E-state index contributed by atoms with van der Waals surface area (Å²) in [6.45, 7) is 0.0492. The smallest absolute Gasteiger partial charge is 0.115 e. The molecule has 1 N–H and O–H groups in total. The van der Waals surface area contributed by atoms with Crippen molar-refractivity contribution < 1.29 is 5.11 Å². The largest absolute Gasteiger partial charge is 0.392 e. The second-order valence-electron chi connectivity index (χ2n) is 3.16. The number of hydrogen-bond acceptors (Lipinski definition) is 3. The molecule has 0 radical (unpaired) electrons. The zero-order valence-corrected chi connectivity index (χ0v) is 10.8.